The van der Waals surface area contributed by atoms with E-state index in [1.54, 1.807) is 0 Å². The molecule has 0 aliphatic rings. The van der Waals surface area contributed by atoms with E-state index in [0.717, 1.165) is 17.4 Å². The van der Waals surface area contributed by atoms with E-state index in [-0.39, 0.29) is 22.9 Å². The van der Waals surface area contributed by atoms with Crippen LogP contribution in [0.4, 0.5) is 8.78 Å². The standard InChI is InChI=1S/C10H13F2NO5S2/c1-6-8(4-7(19-6)10(14)15)20(16,17)13-2-3-18-5-9(11)12/h4,9,13H,2-3,5H2,1H3,(H,14,15). The number of rotatable bonds is 8. The molecule has 0 aliphatic heterocycles. The predicted octanol–water partition coefficient (Wildman–Crippen LogP) is 1.31. The molecular formula is C10H13F2NO5S2. The maximum atomic E-state index is 11.9. The Morgan fingerprint density at radius 2 is 2.20 bits per heavy atom. The van der Waals surface area contributed by atoms with E-state index in [9.17, 15) is 22.0 Å². The molecule has 20 heavy (non-hydrogen) atoms. The second-order valence-electron chi connectivity index (χ2n) is 3.70. The van der Waals surface area contributed by atoms with Crippen LogP contribution in [0.5, 0.6) is 0 Å². The summed E-state index contributed by atoms with van der Waals surface area (Å²) < 4.78 is 54.0. The molecule has 0 bridgehead atoms. The molecule has 0 aromatic carbocycles. The highest BCUT2D eigenvalue weighted by atomic mass is 32.2. The van der Waals surface area contributed by atoms with Crippen molar-refractivity contribution in [3.05, 3.63) is 15.8 Å². The van der Waals surface area contributed by atoms with Gasteiger partial charge in [0.25, 0.3) is 6.43 Å². The van der Waals surface area contributed by atoms with E-state index in [1.807, 2.05) is 0 Å². The van der Waals surface area contributed by atoms with Crippen molar-refractivity contribution in [2.45, 2.75) is 18.2 Å². The third-order valence-corrected chi connectivity index (χ3v) is 4.91. The predicted molar refractivity (Wildman–Crippen MR) is 68.0 cm³/mol. The molecule has 1 aromatic rings. The van der Waals surface area contributed by atoms with Crippen LogP contribution in [0.3, 0.4) is 0 Å². The van der Waals surface area contributed by atoms with Gasteiger partial charge in [0, 0.05) is 11.4 Å². The Morgan fingerprint density at radius 3 is 2.70 bits per heavy atom. The van der Waals surface area contributed by atoms with Crippen LogP contribution < -0.4 is 4.72 Å². The molecule has 0 atom stereocenters. The van der Waals surface area contributed by atoms with Crippen molar-refractivity contribution in [1.29, 1.82) is 0 Å². The maximum Gasteiger partial charge on any atom is 0.345 e. The van der Waals surface area contributed by atoms with Gasteiger partial charge in [0.15, 0.2) is 0 Å². The SMILES string of the molecule is Cc1sc(C(=O)O)cc1S(=O)(=O)NCCOCC(F)F. The molecule has 1 aromatic heterocycles. The fourth-order valence-corrected chi connectivity index (χ4v) is 3.78. The number of thiophene rings is 1. The van der Waals surface area contributed by atoms with Gasteiger partial charge in [-0.05, 0) is 13.0 Å². The third-order valence-electron chi connectivity index (χ3n) is 2.15. The topological polar surface area (TPSA) is 92.7 Å². The van der Waals surface area contributed by atoms with Gasteiger partial charge in [0.2, 0.25) is 10.0 Å². The van der Waals surface area contributed by atoms with Crippen molar-refractivity contribution in [1.82, 2.24) is 4.72 Å². The number of sulfonamides is 1. The quantitative estimate of drug-likeness (QED) is 0.702. The summed E-state index contributed by atoms with van der Waals surface area (Å²) in [6.07, 6.45) is -2.61. The third kappa shape index (κ3) is 4.78. The Kier molecular flexibility index (Phi) is 5.99. The lowest BCUT2D eigenvalue weighted by atomic mass is 10.4. The van der Waals surface area contributed by atoms with Gasteiger partial charge in [-0.3, -0.25) is 0 Å². The van der Waals surface area contributed by atoms with Crippen LogP contribution in [0.15, 0.2) is 11.0 Å². The first-order valence-corrected chi connectivity index (χ1v) is 7.73. The summed E-state index contributed by atoms with van der Waals surface area (Å²) in [4.78, 5) is 10.9. The van der Waals surface area contributed by atoms with Gasteiger partial charge in [0.1, 0.15) is 11.5 Å². The van der Waals surface area contributed by atoms with Gasteiger partial charge in [-0.2, -0.15) is 0 Å². The van der Waals surface area contributed by atoms with E-state index in [1.165, 1.54) is 6.92 Å². The number of hydrogen-bond donors (Lipinski definition) is 2. The van der Waals surface area contributed by atoms with Crippen LogP contribution in [0.2, 0.25) is 0 Å². The fraction of sp³-hybridized carbons (Fsp3) is 0.500. The number of nitrogens with one attached hydrogen (secondary N) is 1. The molecule has 0 radical (unpaired) electrons. The number of alkyl halides is 2. The molecule has 0 fully saturated rings. The monoisotopic (exact) mass is 329 g/mol. The summed E-state index contributed by atoms with van der Waals surface area (Å²) in [5.41, 5.74) is 0. The average molecular weight is 329 g/mol. The fourth-order valence-electron chi connectivity index (χ4n) is 1.34. The maximum absolute atomic E-state index is 11.9. The largest absolute Gasteiger partial charge is 0.477 e. The summed E-state index contributed by atoms with van der Waals surface area (Å²) >= 11 is 0.848. The van der Waals surface area contributed by atoms with Crippen molar-refractivity contribution in [3.63, 3.8) is 0 Å². The van der Waals surface area contributed by atoms with Gasteiger partial charge in [-0.15, -0.1) is 11.3 Å². The van der Waals surface area contributed by atoms with Gasteiger partial charge in [-0.1, -0.05) is 0 Å². The Balaban J connectivity index is 2.63. The van der Waals surface area contributed by atoms with Crippen LogP contribution >= 0.6 is 11.3 Å². The average Bonchev–Trinajstić information content (AvgIpc) is 2.71. The minimum atomic E-state index is -3.87. The molecule has 2 N–H and O–H groups in total. The second kappa shape index (κ2) is 7.07. The minimum Gasteiger partial charge on any atom is -0.477 e. The molecule has 0 aliphatic carbocycles. The number of hydrogen-bond acceptors (Lipinski definition) is 5. The molecule has 1 heterocycles. The smallest absolute Gasteiger partial charge is 0.345 e. The number of halogens is 2. The molecule has 0 unspecified atom stereocenters. The van der Waals surface area contributed by atoms with E-state index in [2.05, 4.69) is 9.46 Å². The summed E-state index contributed by atoms with van der Waals surface area (Å²) in [6.45, 7) is 0.354. The van der Waals surface area contributed by atoms with Crippen LogP contribution in [-0.4, -0.2) is 45.7 Å². The Bertz CT molecular complexity index is 570. The van der Waals surface area contributed by atoms with Crippen molar-refractivity contribution < 1.29 is 31.8 Å². The van der Waals surface area contributed by atoms with Crippen LogP contribution in [-0.2, 0) is 14.8 Å². The van der Waals surface area contributed by atoms with Gasteiger partial charge in [-0.25, -0.2) is 26.7 Å². The number of aromatic carboxylic acids is 1. The highest BCUT2D eigenvalue weighted by molar-refractivity contribution is 7.89. The van der Waals surface area contributed by atoms with E-state index in [4.69, 9.17) is 5.11 Å². The van der Waals surface area contributed by atoms with E-state index >= 15 is 0 Å². The molecule has 10 heteroatoms. The Hall–Kier alpha value is -1.10. The number of carbonyl (C=O) groups is 1. The molecule has 114 valence electrons. The van der Waals surface area contributed by atoms with Crippen LogP contribution in [0.25, 0.3) is 0 Å². The number of carboxylic acids is 1. The molecule has 0 spiro atoms. The molecule has 1 rings (SSSR count). The highest BCUT2D eigenvalue weighted by Gasteiger charge is 2.21. The molecular weight excluding hydrogens is 316 g/mol. The van der Waals surface area contributed by atoms with Crippen molar-refractivity contribution >= 4 is 27.3 Å². The lowest BCUT2D eigenvalue weighted by Crippen LogP contribution is -2.28. The number of aryl methyl sites for hydroxylation is 1. The summed E-state index contributed by atoms with van der Waals surface area (Å²) in [5.74, 6) is -1.21. The summed E-state index contributed by atoms with van der Waals surface area (Å²) in [5, 5.41) is 8.79. The Labute approximate surface area is 118 Å². The highest BCUT2D eigenvalue weighted by Crippen LogP contribution is 2.25. The lowest BCUT2D eigenvalue weighted by Gasteiger charge is -2.06. The first kappa shape index (κ1) is 17.0. The normalized spacial score (nSPS) is 12.0. The first-order valence-electron chi connectivity index (χ1n) is 5.43. The van der Waals surface area contributed by atoms with Gasteiger partial charge >= 0.3 is 5.97 Å². The zero-order valence-corrected chi connectivity index (χ0v) is 12.1. The van der Waals surface area contributed by atoms with Crippen molar-refractivity contribution in [2.24, 2.45) is 0 Å². The van der Waals surface area contributed by atoms with Crippen LogP contribution in [0, 0.1) is 6.92 Å². The van der Waals surface area contributed by atoms with Gasteiger partial charge in [0.05, 0.1) is 11.5 Å². The number of ether oxygens (including phenoxy) is 1. The zero-order valence-electron chi connectivity index (χ0n) is 10.4. The Morgan fingerprint density at radius 1 is 1.55 bits per heavy atom. The molecule has 6 nitrogen and oxygen atoms in total. The van der Waals surface area contributed by atoms with Gasteiger partial charge < -0.3 is 9.84 Å². The molecule has 0 saturated heterocycles. The minimum absolute atomic E-state index is 0.0863. The van der Waals surface area contributed by atoms with Crippen molar-refractivity contribution in [2.75, 3.05) is 19.8 Å². The first-order chi connectivity index (χ1) is 9.24. The molecule has 0 amide bonds. The summed E-state index contributed by atoms with van der Waals surface area (Å²) in [6, 6.07) is 1.06. The zero-order chi connectivity index (χ0) is 15.3. The lowest BCUT2D eigenvalue weighted by molar-refractivity contribution is 0.0199. The summed E-state index contributed by atoms with van der Waals surface area (Å²) in [7, 11) is -3.87. The van der Waals surface area contributed by atoms with Crippen molar-refractivity contribution in [3.8, 4) is 0 Å². The second-order valence-corrected chi connectivity index (χ2v) is 6.69. The van der Waals surface area contributed by atoms with E-state index < -0.39 is 29.0 Å². The molecule has 0 saturated carbocycles. The van der Waals surface area contributed by atoms with E-state index in [0.29, 0.717) is 4.88 Å². The van der Waals surface area contributed by atoms with Crippen LogP contribution in [0.1, 0.15) is 14.5 Å². The number of carboxylic acid groups (broad SMARTS) is 1.